The summed E-state index contributed by atoms with van der Waals surface area (Å²) < 4.78 is 1.30. The minimum Gasteiger partial charge on any atom is -0.313 e. The van der Waals surface area contributed by atoms with Crippen LogP contribution in [0, 0.1) is 0 Å². The Morgan fingerprint density at radius 2 is 2.12 bits per heavy atom. The number of hydrogen-bond acceptors (Lipinski definition) is 1. The maximum atomic E-state index is 3.71. The van der Waals surface area contributed by atoms with E-state index in [2.05, 4.69) is 39.4 Å². The monoisotopic (exact) mass is 279 g/mol. The maximum Gasteiger partial charge on any atom is 0.0210 e. The summed E-state index contributed by atoms with van der Waals surface area (Å²) in [5.41, 5.74) is 3.11. The maximum absolute atomic E-state index is 3.71. The molecule has 1 aromatic carbocycles. The fourth-order valence-electron chi connectivity index (χ4n) is 2.83. The van der Waals surface area contributed by atoms with Crippen molar-refractivity contribution in [2.24, 2.45) is 0 Å². The van der Waals surface area contributed by atoms with E-state index in [4.69, 9.17) is 0 Å². The van der Waals surface area contributed by atoms with Crippen LogP contribution in [-0.2, 0) is 6.42 Å². The van der Waals surface area contributed by atoms with Crippen LogP contribution >= 0.6 is 15.9 Å². The number of halogens is 1. The van der Waals surface area contributed by atoms with Gasteiger partial charge in [-0.2, -0.15) is 0 Å². The summed E-state index contributed by atoms with van der Waals surface area (Å²) in [7, 11) is 0. The van der Waals surface area contributed by atoms with E-state index in [1.54, 1.807) is 11.1 Å². The quantitative estimate of drug-likeness (QED) is 0.891. The van der Waals surface area contributed by atoms with E-state index < -0.39 is 0 Å². The molecule has 1 atom stereocenters. The summed E-state index contributed by atoms with van der Waals surface area (Å²) in [5, 5.41) is 3.71. The molecule has 0 spiro atoms. The molecule has 1 N–H and O–H groups in total. The normalized spacial score (nSPS) is 24.2. The first-order valence-electron chi connectivity index (χ1n) is 6.35. The van der Waals surface area contributed by atoms with Gasteiger partial charge in [-0.3, -0.25) is 0 Å². The second-order valence-corrected chi connectivity index (χ2v) is 5.93. The van der Waals surface area contributed by atoms with E-state index in [9.17, 15) is 0 Å². The fourth-order valence-corrected chi connectivity index (χ4v) is 3.41. The molecule has 1 unspecified atom stereocenters. The van der Waals surface area contributed by atoms with Crippen molar-refractivity contribution in [3.63, 3.8) is 0 Å². The van der Waals surface area contributed by atoms with E-state index >= 15 is 0 Å². The Hall–Kier alpha value is -0.340. The highest BCUT2D eigenvalue weighted by Gasteiger charge is 2.25. The van der Waals surface area contributed by atoms with Crippen LogP contribution in [0.4, 0.5) is 0 Å². The van der Waals surface area contributed by atoms with Crippen LogP contribution in [0.2, 0.25) is 0 Å². The van der Waals surface area contributed by atoms with Gasteiger partial charge in [0.2, 0.25) is 0 Å². The highest BCUT2D eigenvalue weighted by molar-refractivity contribution is 9.10. The third kappa shape index (κ3) is 1.93. The predicted octanol–water partition coefficient (Wildman–Crippen LogP) is 3.62. The molecule has 0 saturated heterocycles. The van der Waals surface area contributed by atoms with Crippen LogP contribution in [0.3, 0.4) is 0 Å². The Kier molecular flexibility index (Phi) is 3.03. The van der Waals surface area contributed by atoms with E-state index in [1.807, 2.05) is 0 Å². The molecule has 0 bridgehead atoms. The van der Waals surface area contributed by atoms with Gasteiger partial charge in [0.25, 0.3) is 0 Å². The number of fused-ring (bicyclic) bond motifs is 1. The molecule has 0 heterocycles. The molecule has 1 nitrogen and oxygen atoms in total. The Labute approximate surface area is 106 Å². The Bertz CT molecular complexity index is 384. The number of rotatable bonds is 3. The van der Waals surface area contributed by atoms with E-state index in [1.165, 1.54) is 43.1 Å². The molecule has 2 aliphatic carbocycles. The first-order valence-corrected chi connectivity index (χ1v) is 7.14. The number of benzene rings is 1. The average Bonchev–Trinajstić information content (AvgIpc) is 2.61. The molecule has 0 amide bonds. The molecular weight excluding hydrogens is 262 g/mol. The van der Waals surface area contributed by atoms with E-state index in [0.717, 1.165) is 12.0 Å². The van der Waals surface area contributed by atoms with E-state index in [-0.39, 0.29) is 0 Å². The van der Waals surface area contributed by atoms with Crippen molar-refractivity contribution in [3.05, 3.63) is 33.8 Å². The van der Waals surface area contributed by atoms with Crippen molar-refractivity contribution in [3.8, 4) is 0 Å². The van der Waals surface area contributed by atoms with Gasteiger partial charge in [-0.25, -0.2) is 0 Å². The zero-order valence-corrected chi connectivity index (χ0v) is 11.1. The first-order chi connectivity index (χ1) is 7.84. The lowest BCUT2D eigenvalue weighted by Gasteiger charge is -2.28. The molecule has 1 fully saturated rings. The zero-order chi connectivity index (χ0) is 11.0. The standard InChI is InChI=1S/C14H18BrN/c15-14-6-2-5-12-10(7-8-13(12)14)9-16-11-3-1-4-11/h2,5-6,10-11,16H,1,3-4,7-9H2. The average molecular weight is 280 g/mol. The highest BCUT2D eigenvalue weighted by atomic mass is 79.9. The molecule has 86 valence electrons. The smallest absolute Gasteiger partial charge is 0.0210 e. The van der Waals surface area contributed by atoms with Crippen molar-refractivity contribution in [2.45, 2.75) is 44.1 Å². The molecular formula is C14H18BrN. The van der Waals surface area contributed by atoms with Crippen LogP contribution in [0.1, 0.15) is 42.7 Å². The van der Waals surface area contributed by atoms with Crippen molar-refractivity contribution >= 4 is 15.9 Å². The van der Waals surface area contributed by atoms with Gasteiger partial charge in [-0.15, -0.1) is 0 Å². The Morgan fingerprint density at radius 1 is 1.25 bits per heavy atom. The molecule has 2 heteroatoms. The molecule has 0 aromatic heterocycles. The SMILES string of the molecule is Brc1cccc2c1CCC2CNC1CCC1. The molecule has 16 heavy (non-hydrogen) atoms. The summed E-state index contributed by atoms with van der Waals surface area (Å²) in [6.07, 6.45) is 6.76. The van der Waals surface area contributed by atoms with Crippen LogP contribution in [0.15, 0.2) is 22.7 Å². The topological polar surface area (TPSA) is 12.0 Å². The largest absolute Gasteiger partial charge is 0.313 e. The molecule has 1 aromatic rings. The lowest BCUT2D eigenvalue weighted by Crippen LogP contribution is -2.37. The number of nitrogens with one attached hydrogen (secondary N) is 1. The summed E-state index contributed by atoms with van der Waals surface area (Å²) in [6, 6.07) is 7.46. The summed E-state index contributed by atoms with van der Waals surface area (Å²) >= 11 is 3.66. The summed E-state index contributed by atoms with van der Waals surface area (Å²) in [4.78, 5) is 0. The Balaban J connectivity index is 1.68. The van der Waals surface area contributed by atoms with Crippen LogP contribution < -0.4 is 5.32 Å². The van der Waals surface area contributed by atoms with Gasteiger partial charge in [-0.05, 0) is 48.8 Å². The van der Waals surface area contributed by atoms with Gasteiger partial charge in [-0.1, -0.05) is 34.5 Å². The highest BCUT2D eigenvalue weighted by Crippen LogP contribution is 2.37. The summed E-state index contributed by atoms with van der Waals surface area (Å²) in [6.45, 7) is 1.17. The van der Waals surface area contributed by atoms with Gasteiger partial charge in [0.1, 0.15) is 0 Å². The predicted molar refractivity (Wildman–Crippen MR) is 70.8 cm³/mol. The van der Waals surface area contributed by atoms with Gasteiger partial charge in [0.15, 0.2) is 0 Å². The van der Waals surface area contributed by atoms with Crippen LogP contribution in [0.25, 0.3) is 0 Å². The molecule has 0 radical (unpaired) electrons. The van der Waals surface area contributed by atoms with E-state index in [0.29, 0.717) is 0 Å². The summed E-state index contributed by atoms with van der Waals surface area (Å²) in [5.74, 6) is 0.744. The van der Waals surface area contributed by atoms with Gasteiger partial charge in [0.05, 0.1) is 0 Å². The molecule has 1 saturated carbocycles. The minimum atomic E-state index is 0.744. The second-order valence-electron chi connectivity index (χ2n) is 5.08. The van der Waals surface area contributed by atoms with Crippen molar-refractivity contribution in [2.75, 3.05) is 6.54 Å². The minimum absolute atomic E-state index is 0.744. The van der Waals surface area contributed by atoms with Crippen LogP contribution in [-0.4, -0.2) is 12.6 Å². The van der Waals surface area contributed by atoms with Crippen molar-refractivity contribution in [1.82, 2.24) is 5.32 Å². The van der Waals surface area contributed by atoms with Gasteiger partial charge < -0.3 is 5.32 Å². The number of hydrogen-bond donors (Lipinski definition) is 1. The van der Waals surface area contributed by atoms with Crippen molar-refractivity contribution < 1.29 is 0 Å². The first kappa shape index (κ1) is 10.8. The van der Waals surface area contributed by atoms with Crippen LogP contribution in [0.5, 0.6) is 0 Å². The lowest BCUT2D eigenvalue weighted by molar-refractivity contribution is 0.331. The molecule has 3 rings (SSSR count). The Morgan fingerprint density at radius 3 is 2.88 bits per heavy atom. The third-order valence-corrected chi connectivity index (χ3v) is 4.84. The zero-order valence-electron chi connectivity index (χ0n) is 9.51. The molecule has 2 aliphatic rings. The fraction of sp³-hybridized carbons (Fsp3) is 0.571. The third-order valence-electron chi connectivity index (χ3n) is 4.10. The van der Waals surface area contributed by atoms with Gasteiger partial charge >= 0.3 is 0 Å². The second kappa shape index (κ2) is 4.50. The van der Waals surface area contributed by atoms with Gasteiger partial charge in [0, 0.05) is 17.1 Å². The lowest BCUT2D eigenvalue weighted by atomic mass is 9.92. The van der Waals surface area contributed by atoms with Crippen molar-refractivity contribution in [1.29, 1.82) is 0 Å². The molecule has 0 aliphatic heterocycles.